The number of amides is 3. The van der Waals surface area contributed by atoms with Crippen LogP contribution in [0, 0.1) is 0 Å². The third-order valence-corrected chi connectivity index (χ3v) is 2.22. The molecule has 0 bridgehead atoms. The number of carbonyl (C=O) groups is 2. The molecule has 0 aromatic rings. The van der Waals surface area contributed by atoms with Gasteiger partial charge in [-0.25, -0.2) is 4.79 Å². The molecule has 1 atom stereocenters. The summed E-state index contributed by atoms with van der Waals surface area (Å²) in [5.74, 6) is -0.144. The number of imide groups is 1. The van der Waals surface area contributed by atoms with Crippen LogP contribution < -0.4 is 5.32 Å². The van der Waals surface area contributed by atoms with Crippen molar-refractivity contribution in [2.24, 2.45) is 0 Å². The van der Waals surface area contributed by atoms with Crippen LogP contribution in [0.3, 0.4) is 0 Å². The van der Waals surface area contributed by atoms with Gasteiger partial charge in [-0.2, -0.15) is 0 Å². The number of hydrogen-bond acceptors (Lipinski definition) is 2. The molecule has 3 amide bonds. The third-order valence-electron chi connectivity index (χ3n) is 1.58. The van der Waals surface area contributed by atoms with Gasteiger partial charge in [-0.05, 0) is 6.92 Å². The van der Waals surface area contributed by atoms with E-state index in [1.54, 1.807) is 6.92 Å². The number of nitrogens with one attached hydrogen (secondary N) is 1. The van der Waals surface area contributed by atoms with Crippen molar-refractivity contribution < 1.29 is 9.59 Å². The Labute approximate surface area is 73.1 Å². The molecule has 1 rings (SSSR count). The highest BCUT2D eigenvalue weighted by Crippen LogP contribution is 2.07. The van der Waals surface area contributed by atoms with Crippen molar-refractivity contribution in [3.8, 4) is 0 Å². The van der Waals surface area contributed by atoms with Crippen molar-refractivity contribution in [1.82, 2.24) is 10.2 Å². The average molecular weight is 221 g/mol. The van der Waals surface area contributed by atoms with E-state index < -0.39 is 0 Å². The molecule has 1 aliphatic rings. The molecule has 62 valence electrons. The van der Waals surface area contributed by atoms with Crippen LogP contribution in [0.15, 0.2) is 0 Å². The Morgan fingerprint density at radius 2 is 2.27 bits per heavy atom. The molecular weight excluding hydrogens is 212 g/mol. The zero-order chi connectivity index (χ0) is 8.43. The number of alkyl halides is 1. The fourth-order valence-electron chi connectivity index (χ4n) is 0.981. The summed E-state index contributed by atoms with van der Waals surface area (Å²) in [6.45, 7) is 2.21. The van der Waals surface area contributed by atoms with E-state index in [0.717, 1.165) is 0 Å². The number of nitrogens with zero attached hydrogens (tertiary/aromatic N) is 1. The fraction of sp³-hybridized carbons (Fsp3) is 0.667. The summed E-state index contributed by atoms with van der Waals surface area (Å²) in [6, 6.07) is -0.663. The number of carbonyl (C=O) groups excluding carboxylic acids is 2. The number of hydrogen-bond donors (Lipinski definition) is 1. The van der Waals surface area contributed by atoms with Crippen LogP contribution in [-0.2, 0) is 4.79 Å². The van der Waals surface area contributed by atoms with E-state index in [4.69, 9.17) is 0 Å². The summed E-state index contributed by atoms with van der Waals surface area (Å²) in [4.78, 5) is 23.3. The number of likely N-dealkylation sites (N-methyl/N-ethyl adjacent to an activating group) is 1. The number of rotatable bonds is 2. The smallest absolute Gasteiger partial charge is 0.324 e. The summed E-state index contributed by atoms with van der Waals surface area (Å²) in [5, 5.41) is 3.03. The molecule has 1 aliphatic heterocycles. The fourth-order valence-corrected chi connectivity index (χ4v) is 1.42. The van der Waals surface area contributed by atoms with Gasteiger partial charge in [0.1, 0.15) is 6.04 Å². The molecule has 0 aromatic carbocycles. The second kappa shape index (κ2) is 3.21. The lowest BCUT2D eigenvalue weighted by atomic mass is 10.3. The van der Waals surface area contributed by atoms with Crippen molar-refractivity contribution in [2.45, 2.75) is 13.0 Å². The quantitative estimate of drug-likeness (QED) is 0.539. The Hall–Kier alpha value is -0.580. The van der Waals surface area contributed by atoms with Crippen molar-refractivity contribution in [3.05, 3.63) is 0 Å². The molecule has 0 saturated carbocycles. The highest BCUT2D eigenvalue weighted by atomic mass is 79.9. The lowest BCUT2D eigenvalue weighted by Crippen LogP contribution is -2.31. The molecule has 1 saturated heterocycles. The van der Waals surface area contributed by atoms with Crippen LogP contribution >= 0.6 is 15.9 Å². The van der Waals surface area contributed by atoms with E-state index in [9.17, 15) is 9.59 Å². The van der Waals surface area contributed by atoms with Crippen molar-refractivity contribution in [2.75, 3.05) is 11.9 Å². The molecule has 1 unspecified atom stereocenters. The number of halogens is 1. The van der Waals surface area contributed by atoms with Gasteiger partial charge in [0.25, 0.3) is 5.91 Å². The van der Waals surface area contributed by atoms with Crippen LogP contribution in [0.2, 0.25) is 0 Å². The second-order valence-corrected chi connectivity index (χ2v) is 2.89. The lowest BCUT2D eigenvalue weighted by molar-refractivity contribution is -0.126. The van der Waals surface area contributed by atoms with E-state index in [-0.39, 0.29) is 18.0 Å². The third kappa shape index (κ3) is 1.38. The Bertz CT molecular complexity index is 195. The topological polar surface area (TPSA) is 49.4 Å². The maximum absolute atomic E-state index is 11.2. The van der Waals surface area contributed by atoms with Crippen LogP contribution in [0.1, 0.15) is 6.92 Å². The van der Waals surface area contributed by atoms with Gasteiger partial charge in [0, 0.05) is 11.9 Å². The van der Waals surface area contributed by atoms with Gasteiger partial charge in [-0.15, -0.1) is 0 Å². The molecule has 0 spiro atoms. The Balaban J connectivity index is 2.71. The standard InChI is InChI=1S/C6H9BrN2O2/c1-2-9-5(10)4(3-7)8-6(9)11/h4H,2-3H2,1H3,(H,8,11). The van der Waals surface area contributed by atoms with Crippen molar-refractivity contribution >= 4 is 27.9 Å². The summed E-state index contributed by atoms with van der Waals surface area (Å²) in [5.41, 5.74) is 0. The van der Waals surface area contributed by atoms with Gasteiger partial charge in [0.05, 0.1) is 0 Å². The molecule has 11 heavy (non-hydrogen) atoms. The molecule has 1 heterocycles. The maximum Gasteiger partial charge on any atom is 0.324 e. The van der Waals surface area contributed by atoms with E-state index in [1.165, 1.54) is 4.90 Å². The Kier molecular flexibility index (Phi) is 2.49. The highest BCUT2D eigenvalue weighted by molar-refractivity contribution is 9.09. The summed E-state index contributed by atoms with van der Waals surface area (Å²) in [7, 11) is 0. The first kappa shape index (κ1) is 8.52. The van der Waals surface area contributed by atoms with Gasteiger partial charge in [0.2, 0.25) is 0 Å². The minimum atomic E-state index is -0.373. The maximum atomic E-state index is 11.2. The largest absolute Gasteiger partial charge is 0.325 e. The molecule has 0 aliphatic carbocycles. The number of urea groups is 1. The van der Waals surface area contributed by atoms with Crippen molar-refractivity contribution in [1.29, 1.82) is 0 Å². The van der Waals surface area contributed by atoms with Gasteiger partial charge in [0.15, 0.2) is 0 Å². The first-order chi connectivity index (χ1) is 5.20. The van der Waals surface area contributed by atoms with E-state index in [2.05, 4.69) is 21.2 Å². The minimum absolute atomic E-state index is 0.144. The van der Waals surface area contributed by atoms with Crippen LogP contribution in [-0.4, -0.2) is 34.8 Å². The first-order valence-corrected chi connectivity index (χ1v) is 4.50. The summed E-state index contributed by atoms with van der Waals surface area (Å²) in [6.07, 6.45) is 0. The van der Waals surface area contributed by atoms with Gasteiger partial charge < -0.3 is 5.32 Å². The Morgan fingerprint density at radius 1 is 1.64 bits per heavy atom. The molecule has 0 aromatic heterocycles. The van der Waals surface area contributed by atoms with E-state index >= 15 is 0 Å². The zero-order valence-electron chi connectivity index (χ0n) is 6.13. The predicted octanol–water partition coefficient (Wildman–Crippen LogP) is 0.322. The van der Waals surface area contributed by atoms with E-state index in [1.807, 2.05) is 0 Å². The second-order valence-electron chi connectivity index (χ2n) is 2.24. The molecule has 1 N–H and O–H groups in total. The van der Waals surface area contributed by atoms with Gasteiger partial charge >= 0.3 is 6.03 Å². The van der Waals surface area contributed by atoms with Crippen LogP contribution in [0.25, 0.3) is 0 Å². The molecule has 0 radical (unpaired) electrons. The SMILES string of the molecule is CCN1C(=O)NC(CBr)C1=O. The Morgan fingerprint density at radius 3 is 2.55 bits per heavy atom. The summed E-state index contributed by atoms with van der Waals surface area (Å²) < 4.78 is 0. The van der Waals surface area contributed by atoms with Gasteiger partial charge in [-0.3, -0.25) is 9.69 Å². The molecule has 5 heteroatoms. The van der Waals surface area contributed by atoms with Gasteiger partial charge in [-0.1, -0.05) is 15.9 Å². The molecule has 4 nitrogen and oxygen atoms in total. The summed E-state index contributed by atoms with van der Waals surface area (Å²) >= 11 is 3.14. The molecular formula is C6H9BrN2O2. The van der Waals surface area contributed by atoms with Crippen LogP contribution in [0.4, 0.5) is 4.79 Å². The van der Waals surface area contributed by atoms with Crippen LogP contribution in [0.5, 0.6) is 0 Å². The zero-order valence-corrected chi connectivity index (χ0v) is 7.72. The minimum Gasteiger partial charge on any atom is -0.325 e. The normalized spacial score (nSPS) is 24.2. The van der Waals surface area contributed by atoms with Crippen molar-refractivity contribution in [3.63, 3.8) is 0 Å². The first-order valence-electron chi connectivity index (χ1n) is 3.38. The average Bonchev–Trinajstić information content (AvgIpc) is 2.26. The lowest BCUT2D eigenvalue weighted by Gasteiger charge is -2.07. The highest BCUT2D eigenvalue weighted by Gasteiger charge is 2.35. The monoisotopic (exact) mass is 220 g/mol. The predicted molar refractivity (Wildman–Crippen MR) is 43.5 cm³/mol. The van der Waals surface area contributed by atoms with E-state index in [0.29, 0.717) is 11.9 Å². The molecule has 1 fully saturated rings.